The average Bonchev–Trinajstić information content (AvgIpc) is 2.89. The van der Waals surface area contributed by atoms with Gasteiger partial charge in [-0.2, -0.15) is 0 Å². The van der Waals surface area contributed by atoms with Gasteiger partial charge < -0.3 is 24.6 Å². The summed E-state index contributed by atoms with van der Waals surface area (Å²) < 4.78 is 10.6. The van der Waals surface area contributed by atoms with E-state index in [-0.39, 0.29) is 30.1 Å². The molecule has 1 N–H and O–H groups in total. The van der Waals surface area contributed by atoms with Crippen LogP contribution in [0.25, 0.3) is 0 Å². The van der Waals surface area contributed by atoms with Crippen LogP contribution in [0.4, 0.5) is 10.5 Å². The molecule has 1 spiro atoms. The topological polar surface area (TPSA) is 71.1 Å². The van der Waals surface area contributed by atoms with E-state index in [1.165, 1.54) is 0 Å². The van der Waals surface area contributed by atoms with Crippen molar-refractivity contribution in [2.24, 2.45) is 11.3 Å². The van der Waals surface area contributed by atoms with E-state index in [9.17, 15) is 9.59 Å². The molecule has 1 saturated heterocycles. The normalized spacial score (nSPS) is 26.6. The number of anilines is 1. The molecule has 4 rings (SSSR count). The van der Waals surface area contributed by atoms with Crippen molar-refractivity contribution in [3.05, 3.63) is 18.2 Å². The Hall–Kier alpha value is -2.44. The maximum Gasteiger partial charge on any atom is 0.319 e. The fourth-order valence-electron chi connectivity index (χ4n) is 3.72. The molecule has 2 aliphatic heterocycles. The van der Waals surface area contributed by atoms with Gasteiger partial charge in [0, 0.05) is 50.3 Å². The van der Waals surface area contributed by atoms with Crippen LogP contribution in [0.15, 0.2) is 18.2 Å². The largest absolute Gasteiger partial charge is 0.454 e. The fraction of sp³-hybridized carbons (Fsp3) is 0.529. The molecule has 3 amide bonds. The van der Waals surface area contributed by atoms with Gasteiger partial charge in [0.15, 0.2) is 11.5 Å². The smallest absolute Gasteiger partial charge is 0.319 e. The third-order valence-electron chi connectivity index (χ3n) is 5.18. The molecule has 2 fully saturated rings. The molecule has 1 aromatic rings. The molecule has 0 radical (unpaired) electrons. The van der Waals surface area contributed by atoms with Gasteiger partial charge in [-0.1, -0.05) is 0 Å². The number of carbonyl (C=O) groups is 2. The second kappa shape index (κ2) is 5.29. The minimum absolute atomic E-state index is 0.0213. The maximum absolute atomic E-state index is 12.5. The summed E-state index contributed by atoms with van der Waals surface area (Å²) in [5.41, 5.74) is 0.678. The number of ether oxygens (including phenoxy) is 2. The number of hydrogen-bond donors (Lipinski definition) is 1. The number of urea groups is 1. The van der Waals surface area contributed by atoms with E-state index in [0.29, 0.717) is 23.7 Å². The van der Waals surface area contributed by atoms with Gasteiger partial charge >= 0.3 is 6.03 Å². The van der Waals surface area contributed by atoms with E-state index in [0.717, 1.165) is 19.4 Å². The molecule has 24 heavy (non-hydrogen) atoms. The van der Waals surface area contributed by atoms with Gasteiger partial charge in [0.25, 0.3) is 0 Å². The first-order chi connectivity index (χ1) is 11.5. The van der Waals surface area contributed by atoms with Crippen LogP contribution in [-0.2, 0) is 4.79 Å². The lowest BCUT2D eigenvalue weighted by molar-refractivity contribution is -0.118. The Morgan fingerprint density at radius 3 is 2.88 bits per heavy atom. The highest BCUT2D eigenvalue weighted by atomic mass is 16.7. The number of nitrogens with one attached hydrogen (secondary N) is 1. The van der Waals surface area contributed by atoms with E-state index >= 15 is 0 Å². The second-order valence-electron chi connectivity index (χ2n) is 7.02. The van der Waals surface area contributed by atoms with Crippen molar-refractivity contribution < 1.29 is 19.1 Å². The Bertz CT molecular complexity index is 705. The standard InChI is InChI=1S/C17H21N3O4/c1-19(2)16(22)20-6-5-17(9-20)8-12(17)15(21)18-11-3-4-13-14(7-11)24-10-23-13/h3-4,7,12H,5-6,8-10H2,1-2H3,(H,18,21)/t12-,17-/m1/s1. The first kappa shape index (κ1) is 15.1. The lowest BCUT2D eigenvalue weighted by Crippen LogP contribution is -2.38. The highest BCUT2D eigenvalue weighted by Crippen LogP contribution is 2.58. The highest BCUT2D eigenvalue weighted by Gasteiger charge is 2.61. The van der Waals surface area contributed by atoms with Crippen LogP contribution in [0.3, 0.4) is 0 Å². The average molecular weight is 331 g/mol. The van der Waals surface area contributed by atoms with E-state index in [1.807, 2.05) is 11.0 Å². The first-order valence-corrected chi connectivity index (χ1v) is 8.15. The summed E-state index contributed by atoms with van der Waals surface area (Å²) in [5.74, 6) is 1.35. The lowest BCUT2D eigenvalue weighted by Gasteiger charge is -2.21. The number of fused-ring (bicyclic) bond motifs is 1. The number of amides is 3. The van der Waals surface area contributed by atoms with Crippen molar-refractivity contribution in [3.63, 3.8) is 0 Å². The molecule has 0 aromatic heterocycles. The number of hydrogen-bond acceptors (Lipinski definition) is 4. The maximum atomic E-state index is 12.5. The zero-order valence-electron chi connectivity index (χ0n) is 13.9. The minimum Gasteiger partial charge on any atom is -0.454 e. The van der Waals surface area contributed by atoms with Gasteiger partial charge in [-0.05, 0) is 25.0 Å². The number of rotatable bonds is 2. The summed E-state index contributed by atoms with van der Waals surface area (Å²) in [6, 6.07) is 5.42. The quantitative estimate of drug-likeness (QED) is 0.896. The summed E-state index contributed by atoms with van der Waals surface area (Å²) in [4.78, 5) is 28.0. The van der Waals surface area contributed by atoms with Crippen molar-refractivity contribution in [2.75, 3.05) is 39.3 Å². The van der Waals surface area contributed by atoms with Crippen molar-refractivity contribution in [1.82, 2.24) is 9.80 Å². The van der Waals surface area contributed by atoms with E-state index < -0.39 is 0 Å². The van der Waals surface area contributed by atoms with Crippen LogP contribution < -0.4 is 14.8 Å². The van der Waals surface area contributed by atoms with Gasteiger partial charge in [0.1, 0.15) is 0 Å². The van der Waals surface area contributed by atoms with E-state index in [2.05, 4.69) is 5.32 Å². The minimum atomic E-state index is -0.0356. The van der Waals surface area contributed by atoms with E-state index in [4.69, 9.17) is 9.47 Å². The van der Waals surface area contributed by atoms with Crippen LogP contribution in [0, 0.1) is 11.3 Å². The van der Waals surface area contributed by atoms with Gasteiger partial charge in [0.05, 0.1) is 0 Å². The molecule has 2 atom stereocenters. The van der Waals surface area contributed by atoms with Crippen LogP contribution in [0.1, 0.15) is 12.8 Å². The van der Waals surface area contributed by atoms with Crippen molar-refractivity contribution in [1.29, 1.82) is 0 Å². The molecule has 7 nitrogen and oxygen atoms in total. The monoisotopic (exact) mass is 331 g/mol. The Balaban J connectivity index is 1.38. The second-order valence-corrected chi connectivity index (χ2v) is 7.02. The van der Waals surface area contributed by atoms with Crippen LogP contribution >= 0.6 is 0 Å². The number of nitrogens with zero attached hydrogens (tertiary/aromatic N) is 2. The van der Waals surface area contributed by atoms with Crippen molar-refractivity contribution in [3.8, 4) is 11.5 Å². The molecule has 1 aliphatic carbocycles. The van der Waals surface area contributed by atoms with Gasteiger partial charge in [-0.3, -0.25) is 4.79 Å². The Morgan fingerprint density at radius 2 is 2.08 bits per heavy atom. The molecule has 3 aliphatic rings. The number of likely N-dealkylation sites (tertiary alicyclic amines) is 1. The molecule has 128 valence electrons. The number of benzene rings is 1. The summed E-state index contributed by atoms with van der Waals surface area (Å²) >= 11 is 0. The molecule has 1 aromatic carbocycles. The predicted octanol–water partition coefficient (Wildman–Crippen LogP) is 1.75. The number of carbonyl (C=O) groups excluding carboxylic acids is 2. The molecule has 2 heterocycles. The van der Waals surface area contributed by atoms with Crippen LogP contribution in [0.5, 0.6) is 11.5 Å². The van der Waals surface area contributed by atoms with E-state index in [1.54, 1.807) is 31.1 Å². The summed E-state index contributed by atoms with van der Waals surface area (Å²) in [7, 11) is 3.51. The molecule has 7 heteroatoms. The van der Waals surface area contributed by atoms with Crippen LogP contribution in [0.2, 0.25) is 0 Å². The SMILES string of the molecule is CN(C)C(=O)N1CC[C@@]2(C[C@@H]2C(=O)Nc2ccc3c(c2)OCO3)C1. The van der Waals surface area contributed by atoms with Crippen molar-refractivity contribution >= 4 is 17.6 Å². The van der Waals surface area contributed by atoms with Crippen molar-refractivity contribution in [2.45, 2.75) is 12.8 Å². The third-order valence-corrected chi connectivity index (χ3v) is 5.18. The highest BCUT2D eigenvalue weighted by molar-refractivity contribution is 5.95. The lowest BCUT2D eigenvalue weighted by atomic mass is 10.0. The fourth-order valence-corrected chi connectivity index (χ4v) is 3.72. The Labute approximate surface area is 140 Å². The zero-order chi connectivity index (χ0) is 16.9. The Morgan fingerprint density at radius 1 is 1.29 bits per heavy atom. The zero-order valence-corrected chi connectivity index (χ0v) is 13.9. The first-order valence-electron chi connectivity index (χ1n) is 8.15. The van der Waals surface area contributed by atoms with Crippen LogP contribution in [-0.4, -0.2) is 55.7 Å². The summed E-state index contributed by atoms with van der Waals surface area (Å²) in [6.45, 7) is 1.61. The predicted molar refractivity (Wildman–Crippen MR) is 87.0 cm³/mol. The molecule has 0 unspecified atom stereocenters. The molecular weight excluding hydrogens is 310 g/mol. The molecule has 1 saturated carbocycles. The molecule has 0 bridgehead atoms. The van der Waals surface area contributed by atoms with Gasteiger partial charge in [0.2, 0.25) is 12.7 Å². The van der Waals surface area contributed by atoms with Gasteiger partial charge in [-0.15, -0.1) is 0 Å². The van der Waals surface area contributed by atoms with Gasteiger partial charge in [-0.25, -0.2) is 4.79 Å². The third kappa shape index (κ3) is 2.44. The summed E-state index contributed by atoms with van der Waals surface area (Å²) in [6.07, 6.45) is 1.74. The Kier molecular flexibility index (Phi) is 3.33. The summed E-state index contributed by atoms with van der Waals surface area (Å²) in [5, 5.41) is 2.96. The molecular formula is C17H21N3O4.